The van der Waals surface area contributed by atoms with Crippen molar-refractivity contribution in [3.63, 3.8) is 0 Å². The van der Waals surface area contributed by atoms with Gasteiger partial charge in [0, 0.05) is 23.9 Å². The molecule has 9 heteroatoms. The van der Waals surface area contributed by atoms with Gasteiger partial charge in [-0.1, -0.05) is 11.8 Å². The highest BCUT2D eigenvalue weighted by atomic mass is 79.9. The summed E-state index contributed by atoms with van der Waals surface area (Å²) in [6, 6.07) is 10.7. The zero-order valence-corrected chi connectivity index (χ0v) is 20.6. The van der Waals surface area contributed by atoms with Crippen molar-refractivity contribution in [2.24, 2.45) is 4.99 Å². The fourth-order valence-corrected chi connectivity index (χ4v) is 4.08. The molecule has 0 radical (unpaired) electrons. The minimum absolute atomic E-state index is 0. The molecule has 0 aliphatic carbocycles. The van der Waals surface area contributed by atoms with Crippen LogP contribution in [-0.2, 0) is 0 Å². The molecule has 0 N–H and O–H groups in total. The molecule has 2 aromatic carbocycles. The number of Topliss-reactive ketones (excluding diaryl/α,β-unsaturated/α-hetero) is 1. The van der Waals surface area contributed by atoms with Crippen molar-refractivity contribution in [1.82, 2.24) is 0 Å². The summed E-state index contributed by atoms with van der Waals surface area (Å²) < 4.78 is 21.6. The number of carbonyl (C=O) groups excluding carboxylic acids is 1. The quantitative estimate of drug-likeness (QED) is 0.484. The van der Waals surface area contributed by atoms with Crippen LogP contribution in [0.15, 0.2) is 41.4 Å². The molecule has 7 nitrogen and oxygen atoms in total. The smallest absolute Gasteiger partial charge is 0.182 e. The van der Waals surface area contributed by atoms with Crippen molar-refractivity contribution < 1.29 is 23.7 Å². The van der Waals surface area contributed by atoms with Gasteiger partial charge in [-0.2, -0.15) is 0 Å². The highest BCUT2D eigenvalue weighted by Crippen LogP contribution is 2.35. The number of aliphatic imine (C=N–C) groups is 1. The Morgan fingerprint density at radius 2 is 1.68 bits per heavy atom. The van der Waals surface area contributed by atoms with Crippen LogP contribution in [0.4, 0.5) is 5.69 Å². The second-order valence-electron chi connectivity index (χ2n) is 6.48. The average Bonchev–Trinajstić information content (AvgIpc) is 2.81. The van der Waals surface area contributed by atoms with E-state index in [0.29, 0.717) is 28.6 Å². The van der Waals surface area contributed by atoms with Gasteiger partial charge in [0.05, 0.1) is 40.7 Å². The summed E-state index contributed by atoms with van der Waals surface area (Å²) in [5.41, 5.74) is 1.26. The Morgan fingerprint density at radius 3 is 2.29 bits per heavy atom. The first-order chi connectivity index (χ1) is 14.6. The molecule has 168 valence electrons. The number of thioether (sulfide) groups is 1. The molecule has 0 unspecified atom stereocenters. The van der Waals surface area contributed by atoms with Crippen molar-refractivity contribution in [2.75, 3.05) is 52.2 Å². The molecule has 0 aromatic heterocycles. The number of methoxy groups -OCH3 is 4. The maximum atomic E-state index is 13.2. The number of rotatable bonds is 8. The van der Waals surface area contributed by atoms with Crippen molar-refractivity contribution in [3.05, 3.63) is 42.0 Å². The summed E-state index contributed by atoms with van der Waals surface area (Å²) in [6.07, 6.45) is 1.01. The summed E-state index contributed by atoms with van der Waals surface area (Å²) in [5.74, 6) is 3.28. The number of nitrogens with zero attached hydrogens (tertiary/aromatic N) is 2. The van der Waals surface area contributed by atoms with E-state index in [1.807, 2.05) is 23.1 Å². The number of carbonyl (C=O) groups is 1. The standard InChI is InChI=1S/C22H26N2O5S.BrH/c1-26-16-7-9-19(27-2)17(13-16)24(22-23-10-5-11-30-22)14-18(25)15-6-8-20(28-3)21(12-15)29-4;/h6-9,12-13H,5,10-11,14H2,1-4H3;1H. The van der Waals surface area contributed by atoms with Crippen molar-refractivity contribution in [1.29, 1.82) is 0 Å². The molecule has 31 heavy (non-hydrogen) atoms. The summed E-state index contributed by atoms with van der Waals surface area (Å²) in [4.78, 5) is 19.8. The number of ketones is 1. The monoisotopic (exact) mass is 510 g/mol. The van der Waals surface area contributed by atoms with Gasteiger partial charge in [0.1, 0.15) is 11.5 Å². The Labute approximate surface area is 197 Å². The molecule has 0 fully saturated rings. The number of halogens is 1. The van der Waals surface area contributed by atoms with E-state index >= 15 is 0 Å². The third-order valence-corrected chi connectivity index (χ3v) is 5.80. The fourth-order valence-electron chi connectivity index (χ4n) is 3.12. The average molecular weight is 511 g/mol. The van der Waals surface area contributed by atoms with Crippen molar-refractivity contribution >= 4 is 45.4 Å². The molecule has 0 atom stereocenters. The molecule has 2 aromatic rings. The van der Waals surface area contributed by atoms with E-state index in [9.17, 15) is 4.79 Å². The number of hydrogen-bond donors (Lipinski definition) is 0. The van der Waals surface area contributed by atoms with Gasteiger partial charge in [-0.3, -0.25) is 9.79 Å². The molecule has 0 saturated heterocycles. The van der Waals surface area contributed by atoms with E-state index in [-0.39, 0.29) is 29.3 Å². The molecule has 0 spiro atoms. The molecule has 1 aliphatic rings. The largest absolute Gasteiger partial charge is 0.497 e. The predicted octanol–water partition coefficient (Wildman–Crippen LogP) is 4.48. The minimum atomic E-state index is -0.0744. The number of amidine groups is 1. The molecular weight excluding hydrogens is 484 g/mol. The highest BCUT2D eigenvalue weighted by Gasteiger charge is 2.24. The van der Waals surface area contributed by atoms with E-state index < -0.39 is 0 Å². The van der Waals surface area contributed by atoms with E-state index in [1.165, 1.54) is 0 Å². The van der Waals surface area contributed by atoms with Gasteiger partial charge in [-0.25, -0.2) is 0 Å². The molecule has 0 amide bonds. The molecule has 1 aliphatic heterocycles. The van der Waals surface area contributed by atoms with E-state index in [0.717, 1.165) is 29.6 Å². The van der Waals surface area contributed by atoms with Gasteiger partial charge in [-0.05, 0) is 36.8 Å². The van der Waals surface area contributed by atoms with Gasteiger partial charge in [-0.15, -0.1) is 17.0 Å². The SMILES string of the molecule is Br.COc1ccc(OC)c(N(CC(=O)c2ccc(OC)c(OC)c2)C2=NCCCS2)c1. The topological polar surface area (TPSA) is 69.6 Å². The van der Waals surface area contributed by atoms with Gasteiger partial charge in [0.2, 0.25) is 0 Å². The predicted molar refractivity (Wildman–Crippen MR) is 130 cm³/mol. The van der Waals surface area contributed by atoms with Crippen molar-refractivity contribution in [3.8, 4) is 23.0 Å². The normalized spacial score (nSPS) is 12.8. The summed E-state index contributed by atoms with van der Waals surface area (Å²) in [5, 5.41) is 0.793. The highest BCUT2D eigenvalue weighted by molar-refractivity contribution is 8.93. The lowest BCUT2D eigenvalue weighted by molar-refractivity contribution is 0.100. The Kier molecular flexibility index (Phi) is 9.51. The van der Waals surface area contributed by atoms with Gasteiger partial charge >= 0.3 is 0 Å². The molecule has 1 heterocycles. The van der Waals surface area contributed by atoms with Gasteiger partial charge in [0.25, 0.3) is 0 Å². The second-order valence-corrected chi connectivity index (χ2v) is 7.55. The summed E-state index contributed by atoms with van der Waals surface area (Å²) in [7, 11) is 6.33. The summed E-state index contributed by atoms with van der Waals surface area (Å²) in [6.45, 7) is 0.834. The number of ether oxygens (including phenoxy) is 4. The first kappa shape index (κ1) is 24.9. The Morgan fingerprint density at radius 1 is 0.968 bits per heavy atom. The van der Waals surface area contributed by atoms with Crippen LogP contribution in [0.3, 0.4) is 0 Å². The van der Waals surface area contributed by atoms with Gasteiger partial charge < -0.3 is 23.8 Å². The number of benzene rings is 2. The first-order valence-corrected chi connectivity index (χ1v) is 10.5. The third kappa shape index (κ3) is 5.86. The lowest BCUT2D eigenvalue weighted by Crippen LogP contribution is -2.36. The van der Waals surface area contributed by atoms with Crippen LogP contribution in [0.1, 0.15) is 16.8 Å². The van der Waals surface area contributed by atoms with Crippen LogP contribution in [0.2, 0.25) is 0 Å². The lowest BCUT2D eigenvalue weighted by atomic mass is 10.1. The zero-order valence-electron chi connectivity index (χ0n) is 18.0. The third-order valence-electron chi connectivity index (χ3n) is 4.70. The zero-order chi connectivity index (χ0) is 21.5. The van der Waals surface area contributed by atoms with Crippen LogP contribution < -0.4 is 23.8 Å². The Hall–Kier alpha value is -2.39. The van der Waals surface area contributed by atoms with Crippen LogP contribution in [-0.4, -0.2) is 58.2 Å². The van der Waals surface area contributed by atoms with E-state index in [4.69, 9.17) is 18.9 Å². The molecule has 0 bridgehead atoms. The fraction of sp³-hybridized carbons (Fsp3) is 0.364. The van der Waals surface area contributed by atoms with Gasteiger partial charge in [0.15, 0.2) is 22.4 Å². The van der Waals surface area contributed by atoms with Crippen LogP contribution in [0, 0.1) is 0 Å². The minimum Gasteiger partial charge on any atom is -0.497 e. The maximum absolute atomic E-state index is 13.2. The first-order valence-electron chi connectivity index (χ1n) is 9.53. The van der Waals surface area contributed by atoms with E-state index in [1.54, 1.807) is 58.4 Å². The lowest BCUT2D eigenvalue weighted by Gasteiger charge is -2.28. The maximum Gasteiger partial charge on any atom is 0.182 e. The Balaban J connectivity index is 0.00000341. The molecule has 0 saturated carbocycles. The number of anilines is 1. The van der Waals surface area contributed by atoms with Crippen LogP contribution >= 0.6 is 28.7 Å². The van der Waals surface area contributed by atoms with Crippen LogP contribution in [0.5, 0.6) is 23.0 Å². The molecule has 3 rings (SSSR count). The second kappa shape index (κ2) is 11.9. The molecular formula is C22H27BrN2O5S. The van der Waals surface area contributed by atoms with E-state index in [2.05, 4.69) is 4.99 Å². The van der Waals surface area contributed by atoms with Crippen LogP contribution in [0.25, 0.3) is 0 Å². The van der Waals surface area contributed by atoms with Crippen molar-refractivity contribution in [2.45, 2.75) is 6.42 Å². The Bertz CT molecular complexity index is 938. The summed E-state index contributed by atoms with van der Waals surface area (Å²) >= 11 is 1.63. The number of hydrogen-bond acceptors (Lipinski definition) is 8.